The van der Waals surface area contributed by atoms with Gasteiger partial charge in [-0.2, -0.15) is 5.10 Å². The van der Waals surface area contributed by atoms with Gasteiger partial charge in [-0.25, -0.2) is 4.79 Å². The van der Waals surface area contributed by atoms with Crippen molar-refractivity contribution in [1.82, 2.24) is 20.4 Å². The van der Waals surface area contributed by atoms with Crippen LogP contribution in [0, 0.1) is 5.92 Å². The molecule has 1 heterocycles. The molecule has 0 aliphatic carbocycles. The van der Waals surface area contributed by atoms with Crippen LogP contribution < -0.4 is 10.6 Å². The summed E-state index contributed by atoms with van der Waals surface area (Å²) in [4.78, 5) is 21.9. The summed E-state index contributed by atoms with van der Waals surface area (Å²) in [6.07, 6.45) is 2.35. The van der Waals surface area contributed by atoms with Crippen LogP contribution in [0.25, 0.3) is 0 Å². The normalized spacial score (nSPS) is 11.9. The van der Waals surface area contributed by atoms with E-state index >= 15 is 0 Å². The Bertz CT molecular complexity index is 430. The van der Waals surface area contributed by atoms with Gasteiger partial charge in [0, 0.05) is 26.2 Å². The minimum atomic E-state index is -0.812. The average molecular weight is 268 g/mol. The lowest BCUT2D eigenvalue weighted by Gasteiger charge is -2.12. The molecular weight excluding hydrogens is 248 g/mol. The molecule has 7 heteroatoms. The quantitative estimate of drug-likeness (QED) is 0.679. The van der Waals surface area contributed by atoms with Gasteiger partial charge in [0.2, 0.25) is 0 Å². The Balaban J connectivity index is 2.17. The highest BCUT2D eigenvalue weighted by Crippen LogP contribution is 2.03. The van der Waals surface area contributed by atoms with Gasteiger partial charge in [-0.1, -0.05) is 6.92 Å². The number of urea groups is 1. The molecule has 0 saturated carbocycles. The SMILES string of the molecule is CC(CCC(=O)O)CNC(=O)NCc1ccnn1C. The summed E-state index contributed by atoms with van der Waals surface area (Å²) in [5, 5.41) is 18.0. The molecule has 1 atom stereocenters. The van der Waals surface area contributed by atoms with E-state index in [0.717, 1.165) is 5.69 Å². The molecule has 1 aromatic rings. The molecule has 2 amide bonds. The third-order valence-electron chi connectivity index (χ3n) is 2.81. The van der Waals surface area contributed by atoms with E-state index in [4.69, 9.17) is 5.11 Å². The molecule has 0 aliphatic rings. The minimum absolute atomic E-state index is 0.124. The molecule has 7 nitrogen and oxygen atoms in total. The topological polar surface area (TPSA) is 96.2 Å². The Kier molecular flexibility index (Phi) is 5.84. The third-order valence-corrected chi connectivity index (χ3v) is 2.81. The summed E-state index contributed by atoms with van der Waals surface area (Å²) in [7, 11) is 1.81. The second kappa shape index (κ2) is 7.40. The first-order valence-electron chi connectivity index (χ1n) is 6.19. The van der Waals surface area contributed by atoms with Crippen LogP contribution in [0.1, 0.15) is 25.5 Å². The predicted molar refractivity (Wildman–Crippen MR) is 69.5 cm³/mol. The fourth-order valence-corrected chi connectivity index (χ4v) is 1.55. The molecule has 0 spiro atoms. The molecule has 0 bridgehead atoms. The zero-order chi connectivity index (χ0) is 14.3. The molecule has 0 aliphatic heterocycles. The van der Waals surface area contributed by atoms with Crippen LogP contribution in [0.15, 0.2) is 12.3 Å². The van der Waals surface area contributed by atoms with Gasteiger partial charge in [-0.05, 0) is 18.4 Å². The molecule has 3 N–H and O–H groups in total. The van der Waals surface area contributed by atoms with Crippen molar-refractivity contribution in [3.05, 3.63) is 18.0 Å². The van der Waals surface area contributed by atoms with Crippen LogP contribution in [0.3, 0.4) is 0 Å². The van der Waals surface area contributed by atoms with E-state index in [1.807, 2.05) is 20.0 Å². The Labute approximate surface area is 112 Å². The van der Waals surface area contributed by atoms with Crippen LogP contribution in [-0.2, 0) is 18.4 Å². The number of rotatable bonds is 7. The van der Waals surface area contributed by atoms with Gasteiger partial charge in [0.1, 0.15) is 0 Å². The summed E-state index contributed by atoms with van der Waals surface area (Å²) in [5.41, 5.74) is 0.911. The zero-order valence-electron chi connectivity index (χ0n) is 11.2. The second-order valence-electron chi connectivity index (χ2n) is 4.55. The Morgan fingerprint density at radius 3 is 2.79 bits per heavy atom. The highest BCUT2D eigenvalue weighted by molar-refractivity contribution is 5.73. The molecule has 0 saturated heterocycles. The van der Waals surface area contributed by atoms with Crippen LogP contribution in [-0.4, -0.2) is 33.4 Å². The van der Waals surface area contributed by atoms with Gasteiger partial charge >= 0.3 is 12.0 Å². The number of aliphatic carboxylic acids is 1. The smallest absolute Gasteiger partial charge is 0.315 e. The zero-order valence-corrected chi connectivity index (χ0v) is 11.2. The number of carboxylic acids is 1. The van der Waals surface area contributed by atoms with Gasteiger partial charge in [0.05, 0.1) is 12.2 Å². The fraction of sp³-hybridized carbons (Fsp3) is 0.583. The standard InChI is InChI=1S/C12H20N4O3/c1-9(3-4-11(17)18)7-13-12(19)14-8-10-5-6-15-16(10)2/h5-6,9H,3-4,7-8H2,1-2H3,(H,17,18)(H2,13,14,19). The molecule has 1 rings (SSSR count). The summed E-state index contributed by atoms with van der Waals surface area (Å²) < 4.78 is 1.69. The Morgan fingerprint density at radius 2 is 2.21 bits per heavy atom. The van der Waals surface area contributed by atoms with Crippen LogP contribution in [0.5, 0.6) is 0 Å². The number of aromatic nitrogens is 2. The number of aryl methyl sites for hydroxylation is 1. The highest BCUT2D eigenvalue weighted by Gasteiger charge is 2.08. The summed E-state index contributed by atoms with van der Waals surface area (Å²) in [6.45, 7) is 2.78. The first kappa shape index (κ1) is 15.0. The Hall–Kier alpha value is -2.05. The number of hydrogen-bond acceptors (Lipinski definition) is 3. The number of nitrogens with one attached hydrogen (secondary N) is 2. The largest absolute Gasteiger partial charge is 0.481 e. The van der Waals surface area contributed by atoms with E-state index in [0.29, 0.717) is 19.5 Å². The van der Waals surface area contributed by atoms with Crippen molar-refractivity contribution in [2.75, 3.05) is 6.54 Å². The molecular formula is C12H20N4O3. The van der Waals surface area contributed by atoms with E-state index in [-0.39, 0.29) is 18.4 Å². The van der Waals surface area contributed by atoms with E-state index in [1.165, 1.54) is 0 Å². The summed E-state index contributed by atoms with van der Waals surface area (Å²) >= 11 is 0. The lowest BCUT2D eigenvalue weighted by molar-refractivity contribution is -0.137. The van der Waals surface area contributed by atoms with Crippen LogP contribution in [0.4, 0.5) is 4.79 Å². The number of nitrogens with zero attached hydrogens (tertiary/aromatic N) is 2. The fourth-order valence-electron chi connectivity index (χ4n) is 1.55. The molecule has 1 unspecified atom stereocenters. The Morgan fingerprint density at radius 1 is 1.47 bits per heavy atom. The number of carboxylic acid groups (broad SMARTS) is 1. The molecule has 0 aromatic carbocycles. The number of amides is 2. The van der Waals surface area contributed by atoms with Crippen LogP contribution >= 0.6 is 0 Å². The predicted octanol–water partition coefficient (Wildman–Crippen LogP) is 0.720. The first-order valence-corrected chi connectivity index (χ1v) is 6.19. The maximum Gasteiger partial charge on any atom is 0.315 e. The van der Waals surface area contributed by atoms with Crippen molar-refractivity contribution in [1.29, 1.82) is 0 Å². The van der Waals surface area contributed by atoms with E-state index in [2.05, 4.69) is 15.7 Å². The molecule has 0 fully saturated rings. The van der Waals surface area contributed by atoms with E-state index in [9.17, 15) is 9.59 Å². The minimum Gasteiger partial charge on any atom is -0.481 e. The molecule has 19 heavy (non-hydrogen) atoms. The maximum atomic E-state index is 11.5. The monoisotopic (exact) mass is 268 g/mol. The van der Waals surface area contributed by atoms with Crippen molar-refractivity contribution >= 4 is 12.0 Å². The van der Waals surface area contributed by atoms with Gasteiger partial charge in [0.15, 0.2) is 0 Å². The number of carbonyl (C=O) groups is 2. The van der Waals surface area contributed by atoms with Crippen molar-refractivity contribution < 1.29 is 14.7 Å². The summed E-state index contributed by atoms with van der Waals surface area (Å²) in [5.74, 6) is -0.675. The third kappa shape index (κ3) is 5.89. The first-order chi connectivity index (χ1) is 8.99. The van der Waals surface area contributed by atoms with E-state index < -0.39 is 5.97 Å². The molecule has 0 radical (unpaired) electrons. The average Bonchev–Trinajstić information content (AvgIpc) is 2.77. The number of hydrogen-bond donors (Lipinski definition) is 3. The molecule has 1 aromatic heterocycles. The van der Waals surface area contributed by atoms with Crippen molar-refractivity contribution in [3.8, 4) is 0 Å². The van der Waals surface area contributed by atoms with Crippen molar-refractivity contribution in [2.24, 2.45) is 13.0 Å². The van der Waals surface area contributed by atoms with Crippen molar-refractivity contribution in [3.63, 3.8) is 0 Å². The van der Waals surface area contributed by atoms with E-state index in [1.54, 1.807) is 10.9 Å². The van der Waals surface area contributed by atoms with Crippen molar-refractivity contribution in [2.45, 2.75) is 26.3 Å². The second-order valence-corrected chi connectivity index (χ2v) is 4.55. The summed E-state index contributed by atoms with van der Waals surface area (Å²) in [6, 6.07) is 1.57. The van der Waals surface area contributed by atoms with Gasteiger partial charge in [0.25, 0.3) is 0 Å². The van der Waals surface area contributed by atoms with Gasteiger partial charge in [-0.15, -0.1) is 0 Å². The van der Waals surface area contributed by atoms with Gasteiger partial charge < -0.3 is 15.7 Å². The maximum absolute atomic E-state index is 11.5. The lowest BCUT2D eigenvalue weighted by atomic mass is 10.1. The lowest BCUT2D eigenvalue weighted by Crippen LogP contribution is -2.37. The van der Waals surface area contributed by atoms with Crippen LogP contribution in [0.2, 0.25) is 0 Å². The highest BCUT2D eigenvalue weighted by atomic mass is 16.4. The molecule has 106 valence electrons. The van der Waals surface area contributed by atoms with Gasteiger partial charge in [-0.3, -0.25) is 9.48 Å². The number of carbonyl (C=O) groups excluding carboxylic acids is 1.